The molecule has 0 amide bonds. The van der Waals surface area contributed by atoms with Crippen LogP contribution in [0, 0.1) is 5.95 Å². The van der Waals surface area contributed by atoms with Crippen LogP contribution in [0.15, 0.2) is 0 Å². The average Bonchev–Trinajstić information content (AvgIpc) is 2.16. The van der Waals surface area contributed by atoms with Gasteiger partial charge in [0.05, 0.1) is 31.0 Å². The molecular weight excluding hydrogens is 197 g/mol. The molecule has 1 aliphatic heterocycles. The summed E-state index contributed by atoms with van der Waals surface area (Å²) in [6.45, 7) is 1.47. The Morgan fingerprint density at radius 1 is 1.40 bits per heavy atom. The van der Waals surface area contributed by atoms with Gasteiger partial charge in [-0.05, 0) is 14.1 Å². The second kappa shape index (κ2) is 4.20. The second-order valence-corrected chi connectivity index (χ2v) is 3.90. The van der Waals surface area contributed by atoms with E-state index in [1.165, 1.54) is 0 Å². The number of fused-ring (bicyclic) bond motifs is 1. The number of hydrogen-bond acceptors (Lipinski definition) is 4. The highest BCUT2D eigenvalue weighted by molar-refractivity contribution is 5.20. The first kappa shape index (κ1) is 10.4. The van der Waals surface area contributed by atoms with Crippen LogP contribution in [-0.2, 0) is 24.3 Å². The van der Waals surface area contributed by atoms with Crippen molar-refractivity contribution in [3.05, 3.63) is 23.0 Å². The Bertz CT molecular complexity index is 368. The van der Waals surface area contributed by atoms with Crippen LogP contribution in [0.4, 0.5) is 4.39 Å². The quantitative estimate of drug-likeness (QED) is 0.677. The highest BCUT2D eigenvalue weighted by Gasteiger charge is 2.18. The molecule has 0 bridgehead atoms. The molecule has 0 radical (unpaired) electrons. The molecule has 0 spiro atoms. The van der Waals surface area contributed by atoms with Crippen molar-refractivity contribution in [3.63, 3.8) is 0 Å². The fraction of sp³-hybridized carbons (Fsp3) is 0.600. The minimum absolute atomic E-state index is 0.295. The van der Waals surface area contributed by atoms with Gasteiger partial charge in [-0.1, -0.05) is 0 Å². The Labute approximate surface area is 88.1 Å². The third kappa shape index (κ3) is 2.30. The third-order valence-corrected chi connectivity index (χ3v) is 2.28. The lowest BCUT2D eigenvalue weighted by Crippen LogP contribution is -2.20. The molecule has 1 aromatic rings. The van der Waals surface area contributed by atoms with E-state index in [1.54, 1.807) is 0 Å². The first-order chi connectivity index (χ1) is 7.16. The molecule has 0 N–H and O–H groups in total. The lowest BCUT2D eigenvalue weighted by Gasteiger charge is -2.17. The van der Waals surface area contributed by atoms with Crippen molar-refractivity contribution in [3.8, 4) is 0 Å². The lowest BCUT2D eigenvalue weighted by atomic mass is 10.1. The maximum Gasteiger partial charge on any atom is 0.222 e. The zero-order valence-corrected chi connectivity index (χ0v) is 8.96. The van der Waals surface area contributed by atoms with Crippen LogP contribution in [0.2, 0.25) is 0 Å². The molecule has 0 aliphatic carbocycles. The van der Waals surface area contributed by atoms with Gasteiger partial charge in [0.25, 0.3) is 0 Å². The minimum Gasteiger partial charge on any atom is -0.376 e. The molecule has 0 aromatic carbocycles. The second-order valence-electron chi connectivity index (χ2n) is 3.90. The smallest absolute Gasteiger partial charge is 0.222 e. The zero-order valence-electron chi connectivity index (χ0n) is 8.96. The van der Waals surface area contributed by atoms with Crippen LogP contribution < -0.4 is 0 Å². The normalized spacial score (nSPS) is 15.5. The van der Waals surface area contributed by atoms with E-state index in [2.05, 4.69) is 9.97 Å². The Morgan fingerprint density at radius 3 is 2.93 bits per heavy atom. The van der Waals surface area contributed by atoms with E-state index in [-0.39, 0.29) is 0 Å². The first-order valence-electron chi connectivity index (χ1n) is 4.93. The summed E-state index contributed by atoms with van der Waals surface area (Å²) in [6.07, 6.45) is 0.676. The number of aromatic nitrogens is 2. The van der Waals surface area contributed by atoms with Crippen molar-refractivity contribution < 1.29 is 9.13 Å². The van der Waals surface area contributed by atoms with Gasteiger partial charge in [-0.15, -0.1) is 0 Å². The summed E-state index contributed by atoms with van der Waals surface area (Å²) in [7, 11) is 3.81. The van der Waals surface area contributed by atoms with Crippen LogP contribution in [-0.4, -0.2) is 35.6 Å². The standard InChI is InChI=1S/C10H14FN3O/c1-14(2)5-9-12-8-3-4-15-6-7(8)10(11)13-9/h3-6H2,1-2H3. The van der Waals surface area contributed by atoms with Crippen LogP contribution >= 0.6 is 0 Å². The summed E-state index contributed by atoms with van der Waals surface area (Å²) >= 11 is 0. The molecule has 1 aromatic heterocycles. The van der Waals surface area contributed by atoms with Crippen molar-refractivity contribution >= 4 is 0 Å². The van der Waals surface area contributed by atoms with E-state index in [0.29, 0.717) is 37.6 Å². The molecule has 2 rings (SSSR count). The van der Waals surface area contributed by atoms with Gasteiger partial charge < -0.3 is 9.64 Å². The first-order valence-corrected chi connectivity index (χ1v) is 4.93. The van der Waals surface area contributed by atoms with Crippen molar-refractivity contribution in [2.24, 2.45) is 0 Å². The summed E-state index contributed by atoms with van der Waals surface area (Å²) in [4.78, 5) is 10.1. The summed E-state index contributed by atoms with van der Waals surface area (Å²) in [5.41, 5.74) is 1.31. The van der Waals surface area contributed by atoms with Gasteiger partial charge in [-0.3, -0.25) is 0 Å². The molecule has 4 nitrogen and oxygen atoms in total. The minimum atomic E-state index is -0.434. The SMILES string of the molecule is CN(C)Cc1nc(F)c2c(n1)CCOC2. The highest BCUT2D eigenvalue weighted by atomic mass is 19.1. The van der Waals surface area contributed by atoms with Gasteiger partial charge in [-0.2, -0.15) is 4.39 Å². The van der Waals surface area contributed by atoms with E-state index in [1.807, 2.05) is 19.0 Å². The molecule has 0 fully saturated rings. The van der Waals surface area contributed by atoms with Crippen LogP contribution in [0.3, 0.4) is 0 Å². The fourth-order valence-corrected chi connectivity index (χ4v) is 1.59. The van der Waals surface area contributed by atoms with Gasteiger partial charge in [0, 0.05) is 6.42 Å². The molecular formula is C10H14FN3O. The van der Waals surface area contributed by atoms with Crippen molar-refractivity contribution in [1.82, 2.24) is 14.9 Å². The predicted molar refractivity (Wildman–Crippen MR) is 52.7 cm³/mol. The molecule has 0 saturated heterocycles. The molecule has 82 valence electrons. The number of hydrogen-bond donors (Lipinski definition) is 0. The summed E-state index contributed by atoms with van der Waals surface area (Å²) in [6, 6.07) is 0. The monoisotopic (exact) mass is 211 g/mol. The Balaban J connectivity index is 2.32. The van der Waals surface area contributed by atoms with Gasteiger partial charge in [0.15, 0.2) is 0 Å². The Hall–Kier alpha value is -1.07. The molecule has 2 heterocycles. The van der Waals surface area contributed by atoms with Crippen LogP contribution in [0.25, 0.3) is 0 Å². The van der Waals surface area contributed by atoms with Crippen molar-refractivity contribution in [1.29, 1.82) is 0 Å². The molecule has 0 atom stereocenters. The predicted octanol–water partition coefficient (Wildman–Crippen LogP) is 0.750. The van der Waals surface area contributed by atoms with E-state index >= 15 is 0 Å². The molecule has 15 heavy (non-hydrogen) atoms. The molecule has 5 heteroatoms. The zero-order chi connectivity index (χ0) is 10.8. The number of rotatable bonds is 2. The summed E-state index contributed by atoms with van der Waals surface area (Å²) < 4.78 is 18.7. The van der Waals surface area contributed by atoms with E-state index in [9.17, 15) is 4.39 Å². The molecule has 0 unspecified atom stereocenters. The summed E-state index contributed by atoms with van der Waals surface area (Å²) in [5, 5.41) is 0. The largest absolute Gasteiger partial charge is 0.376 e. The average molecular weight is 211 g/mol. The lowest BCUT2D eigenvalue weighted by molar-refractivity contribution is 0.105. The van der Waals surface area contributed by atoms with Crippen molar-refractivity contribution in [2.45, 2.75) is 19.6 Å². The summed E-state index contributed by atoms with van der Waals surface area (Å²) in [5.74, 6) is 0.106. The maximum absolute atomic E-state index is 13.5. The van der Waals surface area contributed by atoms with Gasteiger partial charge >= 0.3 is 0 Å². The van der Waals surface area contributed by atoms with Crippen LogP contribution in [0.1, 0.15) is 17.1 Å². The Morgan fingerprint density at radius 2 is 2.20 bits per heavy atom. The third-order valence-electron chi connectivity index (χ3n) is 2.28. The molecule has 1 aliphatic rings. The highest BCUT2D eigenvalue weighted by Crippen LogP contribution is 2.17. The van der Waals surface area contributed by atoms with Crippen molar-refractivity contribution in [2.75, 3.05) is 20.7 Å². The van der Waals surface area contributed by atoms with E-state index in [0.717, 1.165) is 5.69 Å². The van der Waals surface area contributed by atoms with E-state index < -0.39 is 5.95 Å². The fourth-order valence-electron chi connectivity index (χ4n) is 1.59. The number of halogens is 1. The Kier molecular flexibility index (Phi) is 2.93. The maximum atomic E-state index is 13.5. The number of ether oxygens (including phenoxy) is 1. The van der Waals surface area contributed by atoms with Gasteiger partial charge in [0.2, 0.25) is 5.95 Å². The molecule has 0 saturated carbocycles. The topological polar surface area (TPSA) is 38.2 Å². The van der Waals surface area contributed by atoms with Gasteiger partial charge in [0.1, 0.15) is 5.82 Å². The van der Waals surface area contributed by atoms with Gasteiger partial charge in [-0.25, -0.2) is 9.97 Å². The van der Waals surface area contributed by atoms with E-state index in [4.69, 9.17) is 4.74 Å². The number of nitrogens with zero attached hydrogens (tertiary/aromatic N) is 3. The van der Waals surface area contributed by atoms with Crippen LogP contribution in [0.5, 0.6) is 0 Å².